The van der Waals surface area contributed by atoms with Gasteiger partial charge in [0.15, 0.2) is 0 Å². The zero-order chi connectivity index (χ0) is 7.95. The van der Waals surface area contributed by atoms with Crippen molar-refractivity contribution in [2.24, 2.45) is 5.41 Å². The summed E-state index contributed by atoms with van der Waals surface area (Å²) in [6, 6.07) is 0. The third-order valence-electron chi connectivity index (χ3n) is 2.78. The van der Waals surface area contributed by atoms with Crippen LogP contribution in [0.4, 0.5) is 4.39 Å². The molecule has 0 aromatic rings. The van der Waals surface area contributed by atoms with Gasteiger partial charge in [0.05, 0.1) is 6.61 Å². The van der Waals surface area contributed by atoms with E-state index in [0.29, 0.717) is 26.0 Å². The fraction of sp³-hybridized carbons (Fsp3) is 1.00. The first-order chi connectivity index (χ1) is 5.18. The first-order valence-corrected chi connectivity index (χ1v) is 4.07. The van der Waals surface area contributed by atoms with Crippen molar-refractivity contribution in [3.8, 4) is 0 Å². The van der Waals surface area contributed by atoms with E-state index in [1.165, 1.54) is 0 Å². The lowest BCUT2D eigenvalue weighted by molar-refractivity contribution is -0.127. The molecule has 0 amide bonds. The maximum Gasteiger partial charge on any atom is 0.124 e. The van der Waals surface area contributed by atoms with Crippen LogP contribution in [0.25, 0.3) is 0 Å². The molecule has 2 saturated heterocycles. The van der Waals surface area contributed by atoms with E-state index in [2.05, 4.69) is 5.32 Å². The topological polar surface area (TPSA) is 21.3 Å². The summed E-state index contributed by atoms with van der Waals surface area (Å²) < 4.78 is 18.4. The Balaban J connectivity index is 1.99. The number of nitrogens with one attached hydrogen (secondary N) is 1. The van der Waals surface area contributed by atoms with Crippen LogP contribution in [0.3, 0.4) is 0 Å². The number of methoxy groups -OCH3 is 1. The first kappa shape index (κ1) is 7.50. The SMILES string of the molecule is COCC12CNCC(F)(C1)C2. The lowest BCUT2D eigenvalue weighted by Gasteiger charge is -2.56. The lowest BCUT2D eigenvalue weighted by Crippen LogP contribution is -2.65. The predicted molar refractivity (Wildman–Crippen MR) is 40.3 cm³/mol. The lowest BCUT2D eigenvalue weighted by atomic mass is 9.58. The zero-order valence-corrected chi connectivity index (χ0v) is 6.82. The van der Waals surface area contributed by atoms with Crippen LogP contribution in [0.1, 0.15) is 12.8 Å². The van der Waals surface area contributed by atoms with Gasteiger partial charge in [-0.1, -0.05) is 0 Å². The molecule has 2 nitrogen and oxygen atoms in total. The predicted octanol–water partition coefficient (Wildman–Crippen LogP) is 0.724. The van der Waals surface area contributed by atoms with Gasteiger partial charge in [-0.2, -0.15) is 0 Å². The molecule has 3 fully saturated rings. The summed E-state index contributed by atoms with van der Waals surface area (Å²) in [6.45, 7) is 2.16. The average molecular weight is 159 g/mol. The molecule has 2 aliphatic heterocycles. The monoisotopic (exact) mass is 159 g/mol. The summed E-state index contributed by atoms with van der Waals surface area (Å²) in [7, 11) is 1.68. The van der Waals surface area contributed by atoms with E-state index >= 15 is 0 Å². The Morgan fingerprint density at radius 2 is 2.18 bits per heavy atom. The van der Waals surface area contributed by atoms with E-state index in [4.69, 9.17) is 4.74 Å². The van der Waals surface area contributed by atoms with Crippen LogP contribution in [0.15, 0.2) is 0 Å². The van der Waals surface area contributed by atoms with Crippen molar-refractivity contribution >= 4 is 0 Å². The maximum absolute atomic E-state index is 13.4. The highest BCUT2D eigenvalue weighted by Gasteiger charge is 2.58. The van der Waals surface area contributed by atoms with Gasteiger partial charge in [-0.15, -0.1) is 0 Å². The highest BCUT2D eigenvalue weighted by Crippen LogP contribution is 2.52. The van der Waals surface area contributed by atoms with Gasteiger partial charge < -0.3 is 10.1 Å². The van der Waals surface area contributed by atoms with Crippen LogP contribution in [0.5, 0.6) is 0 Å². The van der Waals surface area contributed by atoms with Gasteiger partial charge >= 0.3 is 0 Å². The summed E-state index contributed by atoms with van der Waals surface area (Å²) >= 11 is 0. The summed E-state index contributed by atoms with van der Waals surface area (Å²) in [5, 5.41) is 3.10. The Hall–Kier alpha value is -0.150. The van der Waals surface area contributed by atoms with Crippen LogP contribution in [-0.2, 0) is 4.74 Å². The van der Waals surface area contributed by atoms with Crippen LogP contribution >= 0.6 is 0 Å². The van der Waals surface area contributed by atoms with E-state index in [9.17, 15) is 4.39 Å². The van der Waals surface area contributed by atoms with E-state index in [0.717, 1.165) is 6.54 Å². The number of alkyl halides is 1. The zero-order valence-electron chi connectivity index (χ0n) is 6.82. The standard InChI is InChI=1S/C8H14FNO/c1-11-6-7-2-8(9,3-7)5-10-4-7/h10H,2-6H2,1H3. The molecule has 1 aliphatic carbocycles. The normalized spacial score (nSPS) is 48.5. The van der Waals surface area contributed by atoms with Gasteiger partial charge in [0, 0.05) is 25.6 Å². The van der Waals surface area contributed by atoms with Gasteiger partial charge in [0.1, 0.15) is 5.67 Å². The molecule has 3 heteroatoms. The van der Waals surface area contributed by atoms with Crippen LogP contribution in [0, 0.1) is 5.41 Å². The largest absolute Gasteiger partial charge is 0.384 e. The number of rotatable bonds is 2. The van der Waals surface area contributed by atoms with E-state index < -0.39 is 5.67 Å². The number of halogens is 1. The summed E-state index contributed by atoms with van der Waals surface area (Å²) in [5.41, 5.74) is -0.779. The van der Waals surface area contributed by atoms with E-state index in [1.807, 2.05) is 0 Å². The smallest absolute Gasteiger partial charge is 0.124 e. The molecular formula is C8H14FNO. The Morgan fingerprint density at radius 3 is 2.73 bits per heavy atom. The van der Waals surface area contributed by atoms with Crippen molar-refractivity contribution in [2.45, 2.75) is 18.5 Å². The molecular weight excluding hydrogens is 145 g/mol. The Kier molecular flexibility index (Phi) is 1.48. The van der Waals surface area contributed by atoms with Gasteiger partial charge in [-0.05, 0) is 12.8 Å². The second-order valence-electron chi connectivity index (χ2n) is 4.04. The molecule has 64 valence electrons. The minimum atomic E-state index is -0.906. The molecule has 3 aliphatic rings. The minimum absolute atomic E-state index is 0.127. The maximum atomic E-state index is 13.4. The third-order valence-corrected chi connectivity index (χ3v) is 2.78. The molecule has 1 N–H and O–H groups in total. The van der Waals surface area contributed by atoms with Gasteiger partial charge in [-0.25, -0.2) is 4.39 Å². The van der Waals surface area contributed by atoms with Crippen molar-refractivity contribution in [3.05, 3.63) is 0 Å². The molecule has 0 aromatic carbocycles. The highest BCUT2D eigenvalue weighted by atomic mass is 19.1. The number of piperidine rings is 2. The Labute approximate surface area is 66.1 Å². The summed E-state index contributed by atoms with van der Waals surface area (Å²) in [4.78, 5) is 0. The van der Waals surface area contributed by atoms with Crippen molar-refractivity contribution in [1.82, 2.24) is 5.32 Å². The van der Waals surface area contributed by atoms with Crippen molar-refractivity contribution < 1.29 is 9.13 Å². The van der Waals surface area contributed by atoms with Gasteiger partial charge in [0.2, 0.25) is 0 Å². The second-order valence-corrected chi connectivity index (χ2v) is 4.04. The molecule has 0 aromatic heterocycles. The van der Waals surface area contributed by atoms with Gasteiger partial charge in [-0.3, -0.25) is 0 Å². The summed E-state index contributed by atoms with van der Waals surface area (Å²) in [6.07, 6.45) is 1.39. The second kappa shape index (κ2) is 2.17. The molecule has 0 unspecified atom stereocenters. The Bertz CT molecular complexity index is 161. The first-order valence-electron chi connectivity index (χ1n) is 4.07. The van der Waals surface area contributed by atoms with Crippen molar-refractivity contribution in [2.75, 3.05) is 26.8 Å². The highest BCUT2D eigenvalue weighted by molar-refractivity contribution is 5.10. The molecule has 0 spiro atoms. The molecule has 3 rings (SSSR count). The molecule has 0 radical (unpaired) electrons. The van der Waals surface area contributed by atoms with Crippen LogP contribution < -0.4 is 5.32 Å². The molecule has 0 atom stereocenters. The quantitative estimate of drug-likeness (QED) is 0.641. The fourth-order valence-electron chi connectivity index (χ4n) is 2.55. The minimum Gasteiger partial charge on any atom is -0.384 e. The number of hydrogen-bond donors (Lipinski definition) is 1. The number of ether oxygens (including phenoxy) is 1. The van der Waals surface area contributed by atoms with Crippen molar-refractivity contribution in [1.29, 1.82) is 0 Å². The molecule has 1 saturated carbocycles. The molecule has 2 heterocycles. The average Bonchev–Trinajstić information content (AvgIpc) is 1.85. The van der Waals surface area contributed by atoms with E-state index in [-0.39, 0.29) is 5.41 Å². The molecule has 11 heavy (non-hydrogen) atoms. The molecule has 2 bridgehead atoms. The number of fused-ring (bicyclic) bond motifs is 2. The third kappa shape index (κ3) is 1.07. The Morgan fingerprint density at radius 1 is 1.45 bits per heavy atom. The van der Waals surface area contributed by atoms with Gasteiger partial charge in [0.25, 0.3) is 0 Å². The van der Waals surface area contributed by atoms with Crippen molar-refractivity contribution in [3.63, 3.8) is 0 Å². The van der Waals surface area contributed by atoms with Crippen LogP contribution in [-0.4, -0.2) is 32.5 Å². The number of hydrogen-bond acceptors (Lipinski definition) is 2. The van der Waals surface area contributed by atoms with E-state index in [1.54, 1.807) is 7.11 Å². The summed E-state index contributed by atoms with van der Waals surface area (Å²) in [5.74, 6) is 0. The van der Waals surface area contributed by atoms with Crippen LogP contribution in [0.2, 0.25) is 0 Å². The fourth-order valence-corrected chi connectivity index (χ4v) is 2.55.